The molecular weight excluding hydrogens is 398 g/mol. The first-order valence-electron chi connectivity index (χ1n) is 7.57. The van der Waals surface area contributed by atoms with Crippen LogP contribution in [0.3, 0.4) is 0 Å². The molecule has 6 nitrogen and oxygen atoms in total. The third kappa shape index (κ3) is 5.46. The summed E-state index contributed by atoms with van der Waals surface area (Å²) in [7, 11) is 0. The van der Waals surface area contributed by atoms with Crippen molar-refractivity contribution in [3.63, 3.8) is 0 Å². The summed E-state index contributed by atoms with van der Waals surface area (Å²) < 4.78 is 6.20. The van der Waals surface area contributed by atoms with Crippen molar-refractivity contribution >= 4 is 39.6 Å². The van der Waals surface area contributed by atoms with Gasteiger partial charge in [-0.2, -0.15) is 5.10 Å². The number of anilines is 1. The van der Waals surface area contributed by atoms with Gasteiger partial charge in [0, 0.05) is 15.7 Å². The Morgan fingerprint density at radius 3 is 2.77 bits per heavy atom. The van der Waals surface area contributed by atoms with Gasteiger partial charge >= 0.3 is 11.8 Å². The predicted molar refractivity (Wildman–Crippen MR) is 104 cm³/mol. The number of rotatable bonds is 5. The molecule has 2 N–H and O–H groups in total. The lowest BCUT2D eigenvalue weighted by molar-refractivity contribution is -0.136. The van der Waals surface area contributed by atoms with Crippen molar-refractivity contribution in [2.45, 2.75) is 6.92 Å². The molecule has 0 aliphatic carbocycles. The monoisotopic (exact) mass is 413 g/mol. The first-order chi connectivity index (χ1) is 12.5. The lowest BCUT2D eigenvalue weighted by Gasteiger charge is -2.07. The van der Waals surface area contributed by atoms with Gasteiger partial charge in [-0.15, -0.1) is 6.42 Å². The Balaban J connectivity index is 2.00. The lowest BCUT2D eigenvalue weighted by atomic mass is 10.2. The van der Waals surface area contributed by atoms with Crippen molar-refractivity contribution < 1.29 is 14.3 Å². The van der Waals surface area contributed by atoms with Crippen molar-refractivity contribution in [3.05, 3.63) is 58.1 Å². The second kappa shape index (κ2) is 9.39. The normalized spacial score (nSPS) is 10.2. The van der Waals surface area contributed by atoms with E-state index in [1.807, 2.05) is 19.1 Å². The van der Waals surface area contributed by atoms with Crippen molar-refractivity contribution in [1.82, 2.24) is 5.43 Å². The third-order valence-electron chi connectivity index (χ3n) is 3.25. The van der Waals surface area contributed by atoms with Gasteiger partial charge in [0.15, 0.2) is 0 Å². The van der Waals surface area contributed by atoms with Gasteiger partial charge in [0.05, 0.1) is 6.21 Å². The van der Waals surface area contributed by atoms with Gasteiger partial charge in [-0.25, -0.2) is 5.43 Å². The largest absolute Gasteiger partial charge is 0.480 e. The van der Waals surface area contributed by atoms with E-state index in [9.17, 15) is 9.59 Å². The molecule has 0 fully saturated rings. The smallest absolute Gasteiger partial charge is 0.329 e. The van der Waals surface area contributed by atoms with Crippen LogP contribution in [0.4, 0.5) is 5.69 Å². The molecule has 0 spiro atoms. The first kappa shape index (κ1) is 19.2. The number of carbonyl (C=O) groups excluding carboxylic acids is 2. The highest BCUT2D eigenvalue weighted by molar-refractivity contribution is 9.10. The minimum atomic E-state index is -0.884. The van der Waals surface area contributed by atoms with Crippen LogP contribution in [0.15, 0.2) is 52.0 Å². The highest BCUT2D eigenvalue weighted by Crippen LogP contribution is 2.21. The summed E-state index contributed by atoms with van der Waals surface area (Å²) in [6, 6.07) is 12.4. The number of carbonyl (C=O) groups is 2. The predicted octanol–water partition coefficient (Wildman–Crippen LogP) is 2.86. The van der Waals surface area contributed by atoms with Crippen LogP contribution in [0.2, 0.25) is 0 Å². The van der Waals surface area contributed by atoms with Crippen LogP contribution in [0.25, 0.3) is 0 Å². The number of hydrogen-bond acceptors (Lipinski definition) is 4. The molecular formula is C19H16BrN3O3. The van der Waals surface area contributed by atoms with Gasteiger partial charge < -0.3 is 10.1 Å². The number of amides is 2. The Labute approximate surface area is 159 Å². The van der Waals surface area contributed by atoms with E-state index < -0.39 is 11.8 Å². The van der Waals surface area contributed by atoms with Crippen LogP contribution >= 0.6 is 15.9 Å². The van der Waals surface area contributed by atoms with Crippen LogP contribution < -0.4 is 15.5 Å². The fraction of sp³-hybridized carbons (Fsp3) is 0.105. The summed E-state index contributed by atoms with van der Waals surface area (Å²) in [5.41, 5.74) is 4.18. The second-order valence-electron chi connectivity index (χ2n) is 5.14. The number of halogens is 1. The van der Waals surface area contributed by atoms with E-state index in [1.54, 1.807) is 30.3 Å². The molecule has 7 heteroatoms. The van der Waals surface area contributed by atoms with Gasteiger partial charge in [0.25, 0.3) is 0 Å². The zero-order chi connectivity index (χ0) is 18.9. The van der Waals surface area contributed by atoms with Crippen LogP contribution in [0.1, 0.15) is 11.1 Å². The fourth-order valence-corrected chi connectivity index (χ4v) is 2.35. The maximum absolute atomic E-state index is 11.9. The molecule has 0 bridgehead atoms. The number of nitrogens with zero attached hydrogens (tertiary/aromatic N) is 1. The van der Waals surface area contributed by atoms with Crippen LogP contribution in [0.5, 0.6) is 5.75 Å². The highest BCUT2D eigenvalue weighted by atomic mass is 79.9. The van der Waals surface area contributed by atoms with Crippen LogP contribution in [-0.4, -0.2) is 24.6 Å². The minimum Gasteiger partial charge on any atom is -0.480 e. The molecule has 0 radical (unpaired) electrons. The standard InChI is InChI=1S/C19H16BrN3O3/c1-3-10-26-17-9-8-15(20)11-14(17)12-21-23-19(25)18(24)22-16-7-5-4-6-13(16)2/h1,4-9,11-12H,10H2,2H3,(H,22,24)(H,23,25)/b21-12+. The van der Waals surface area contributed by atoms with E-state index in [2.05, 4.69) is 37.7 Å². The number of hydrogen-bond donors (Lipinski definition) is 2. The minimum absolute atomic E-state index is 0.105. The SMILES string of the molecule is C#CCOc1ccc(Br)cc1/C=N/NC(=O)C(=O)Nc1ccccc1C. The number of aryl methyl sites for hydroxylation is 1. The molecule has 0 aliphatic rings. The summed E-state index contributed by atoms with van der Waals surface area (Å²) in [4.78, 5) is 23.8. The zero-order valence-electron chi connectivity index (χ0n) is 14.0. The summed E-state index contributed by atoms with van der Waals surface area (Å²) in [6.45, 7) is 1.93. The molecule has 2 amide bonds. The number of terminal acetylenes is 1. The van der Waals surface area contributed by atoms with Crippen molar-refractivity contribution in [2.24, 2.45) is 5.10 Å². The summed E-state index contributed by atoms with van der Waals surface area (Å²) in [5.74, 6) is 1.19. The molecule has 26 heavy (non-hydrogen) atoms. The summed E-state index contributed by atoms with van der Waals surface area (Å²) in [6.07, 6.45) is 6.55. The van der Waals surface area contributed by atoms with Crippen LogP contribution in [0, 0.1) is 19.3 Å². The third-order valence-corrected chi connectivity index (χ3v) is 3.75. The molecule has 0 saturated heterocycles. The van der Waals surface area contributed by atoms with Gasteiger partial charge in [0.2, 0.25) is 0 Å². The molecule has 0 saturated carbocycles. The molecule has 132 valence electrons. The van der Waals surface area contributed by atoms with Gasteiger partial charge in [-0.1, -0.05) is 40.0 Å². The average molecular weight is 414 g/mol. The summed E-state index contributed by atoms with van der Waals surface area (Å²) in [5, 5.41) is 6.33. The second-order valence-corrected chi connectivity index (χ2v) is 6.06. The quantitative estimate of drug-likeness (QED) is 0.342. The molecule has 2 aromatic rings. The number of nitrogens with one attached hydrogen (secondary N) is 2. The van der Waals surface area contributed by atoms with Crippen molar-refractivity contribution in [1.29, 1.82) is 0 Å². The summed E-state index contributed by atoms with van der Waals surface area (Å²) >= 11 is 3.34. The Morgan fingerprint density at radius 1 is 1.27 bits per heavy atom. The Bertz CT molecular complexity index is 888. The maximum Gasteiger partial charge on any atom is 0.329 e. The zero-order valence-corrected chi connectivity index (χ0v) is 15.5. The van der Waals surface area contributed by atoms with Crippen LogP contribution in [-0.2, 0) is 9.59 Å². The molecule has 0 aromatic heterocycles. The highest BCUT2D eigenvalue weighted by Gasteiger charge is 2.13. The Hall–Kier alpha value is -3.11. The molecule has 0 unspecified atom stereocenters. The van der Waals surface area contributed by atoms with Crippen molar-refractivity contribution in [2.75, 3.05) is 11.9 Å². The van der Waals surface area contributed by atoms with E-state index >= 15 is 0 Å². The van der Waals surface area contributed by atoms with E-state index in [0.29, 0.717) is 17.0 Å². The first-order valence-corrected chi connectivity index (χ1v) is 8.36. The molecule has 2 rings (SSSR count). The maximum atomic E-state index is 11.9. The Morgan fingerprint density at radius 2 is 2.04 bits per heavy atom. The van der Waals surface area contributed by atoms with Gasteiger partial charge in [0.1, 0.15) is 12.4 Å². The van der Waals surface area contributed by atoms with Gasteiger partial charge in [-0.3, -0.25) is 9.59 Å². The molecule has 0 aliphatic heterocycles. The molecule has 2 aromatic carbocycles. The Kier molecular flexibility index (Phi) is 6.94. The van der Waals surface area contributed by atoms with E-state index in [-0.39, 0.29) is 6.61 Å². The lowest BCUT2D eigenvalue weighted by Crippen LogP contribution is -2.32. The number of ether oxygens (including phenoxy) is 1. The van der Waals surface area contributed by atoms with Crippen molar-refractivity contribution in [3.8, 4) is 18.1 Å². The average Bonchev–Trinajstić information content (AvgIpc) is 2.62. The fourth-order valence-electron chi connectivity index (χ4n) is 1.97. The number of hydrazone groups is 1. The number of para-hydroxylation sites is 1. The topological polar surface area (TPSA) is 79.8 Å². The molecule has 0 atom stereocenters. The van der Waals surface area contributed by atoms with E-state index in [0.717, 1.165) is 10.0 Å². The molecule has 0 heterocycles. The van der Waals surface area contributed by atoms with E-state index in [1.165, 1.54) is 6.21 Å². The van der Waals surface area contributed by atoms with E-state index in [4.69, 9.17) is 11.2 Å². The number of benzene rings is 2. The van der Waals surface area contributed by atoms with Gasteiger partial charge in [-0.05, 0) is 36.8 Å².